The minimum Gasteiger partial charge on any atom is -0.496 e. The summed E-state index contributed by atoms with van der Waals surface area (Å²) in [5, 5.41) is 0. The number of Topliss-reactive ketones (excluding diaryl/α,β-unsaturated/α-hetero) is 1. The summed E-state index contributed by atoms with van der Waals surface area (Å²) in [5.41, 5.74) is 3.10. The van der Waals surface area contributed by atoms with E-state index in [2.05, 4.69) is 0 Å². The van der Waals surface area contributed by atoms with Crippen molar-refractivity contribution in [1.82, 2.24) is 0 Å². The number of carbonyl (C=O) groups is 1. The summed E-state index contributed by atoms with van der Waals surface area (Å²) < 4.78 is 22.8. The second-order valence-corrected chi connectivity index (χ2v) is 7.67. The van der Waals surface area contributed by atoms with Gasteiger partial charge < -0.3 is 18.9 Å². The summed E-state index contributed by atoms with van der Waals surface area (Å²) in [6.45, 7) is 6.25. The van der Waals surface area contributed by atoms with Gasteiger partial charge in [-0.25, -0.2) is 0 Å². The second kappa shape index (κ2) is 6.99. The summed E-state index contributed by atoms with van der Waals surface area (Å²) in [6.07, 6.45) is 5.71. The molecule has 0 N–H and O–H groups in total. The van der Waals surface area contributed by atoms with Crippen molar-refractivity contribution in [1.29, 1.82) is 0 Å². The summed E-state index contributed by atoms with van der Waals surface area (Å²) in [6, 6.07) is 7.34. The fourth-order valence-corrected chi connectivity index (χ4v) is 3.72. The number of allylic oxidation sites excluding steroid dienone is 1. The third kappa shape index (κ3) is 3.27. The van der Waals surface area contributed by atoms with E-state index in [1.54, 1.807) is 26.4 Å². The fourth-order valence-electron chi connectivity index (χ4n) is 3.72. The Hall–Kier alpha value is -3.21. The van der Waals surface area contributed by atoms with Crippen LogP contribution in [0.15, 0.2) is 36.4 Å². The number of carbonyl (C=O) groups excluding carboxylic acids is 1. The highest BCUT2D eigenvalue weighted by atomic mass is 16.5. The number of fused-ring (bicyclic) bond motifs is 2. The molecule has 2 aromatic rings. The topological polar surface area (TPSA) is 54.0 Å². The maximum Gasteiger partial charge on any atom is 0.197 e. The lowest BCUT2D eigenvalue weighted by Crippen LogP contribution is -2.27. The summed E-state index contributed by atoms with van der Waals surface area (Å²) in [4.78, 5) is 13.5. The van der Waals surface area contributed by atoms with E-state index in [4.69, 9.17) is 18.9 Å². The predicted octanol–water partition coefficient (Wildman–Crippen LogP) is 4.86. The van der Waals surface area contributed by atoms with Crippen LogP contribution in [0.3, 0.4) is 0 Å². The molecule has 0 aromatic heterocycles. The number of ether oxygens (including phenoxy) is 4. The number of hydrogen-bond donors (Lipinski definition) is 0. The first kappa shape index (κ1) is 19.1. The molecule has 0 atom stereocenters. The molecular formula is C24H24O5. The molecule has 2 aliphatic rings. The Kier molecular flexibility index (Phi) is 4.61. The third-order valence-electron chi connectivity index (χ3n) is 5.19. The lowest BCUT2D eigenvalue weighted by molar-refractivity contribution is 0.105. The highest BCUT2D eigenvalue weighted by molar-refractivity contribution is 6.30. The summed E-state index contributed by atoms with van der Waals surface area (Å²) in [5.74, 6) is 2.47. The lowest BCUT2D eigenvalue weighted by atomic mass is 9.91. The quantitative estimate of drug-likeness (QED) is 0.696. The SMILES string of the molecule is COc1cc2c(cc1C)OCC=C2C(=O)c1ccc2c(c1OC)C=CC(C)(C)O2. The van der Waals surface area contributed by atoms with Crippen LogP contribution in [0.5, 0.6) is 23.0 Å². The molecule has 4 rings (SSSR count). The van der Waals surface area contributed by atoms with Crippen molar-refractivity contribution < 1.29 is 23.7 Å². The zero-order chi connectivity index (χ0) is 20.8. The van der Waals surface area contributed by atoms with Gasteiger partial charge in [0.15, 0.2) is 5.78 Å². The Balaban J connectivity index is 1.80. The minimum absolute atomic E-state index is 0.127. The van der Waals surface area contributed by atoms with Crippen molar-refractivity contribution in [2.75, 3.05) is 20.8 Å². The van der Waals surface area contributed by atoms with Gasteiger partial charge in [0, 0.05) is 11.1 Å². The van der Waals surface area contributed by atoms with Crippen LogP contribution in [0.25, 0.3) is 11.6 Å². The molecule has 0 spiro atoms. The van der Waals surface area contributed by atoms with E-state index < -0.39 is 5.60 Å². The van der Waals surface area contributed by atoms with Crippen molar-refractivity contribution >= 4 is 17.4 Å². The molecular weight excluding hydrogens is 368 g/mol. The average molecular weight is 392 g/mol. The van der Waals surface area contributed by atoms with Gasteiger partial charge in [0.2, 0.25) is 0 Å². The molecule has 0 saturated heterocycles. The van der Waals surface area contributed by atoms with E-state index in [0.29, 0.717) is 40.7 Å². The van der Waals surface area contributed by atoms with Crippen LogP contribution < -0.4 is 18.9 Å². The van der Waals surface area contributed by atoms with Gasteiger partial charge in [-0.05, 0) is 68.8 Å². The van der Waals surface area contributed by atoms with Gasteiger partial charge in [-0.1, -0.05) is 0 Å². The number of aryl methyl sites for hydroxylation is 1. The molecule has 2 aromatic carbocycles. The van der Waals surface area contributed by atoms with E-state index in [1.807, 2.05) is 51.1 Å². The van der Waals surface area contributed by atoms with Crippen LogP contribution in [-0.2, 0) is 0 Å². The number of benzene rings is 2. The van der Waals surface area contributed by atoms with E-state index in [-0.39, 0.29) is 5.78 Å². The van der Waals surface area contributed by atoms with Gasteiger partial charge in [-0.2, -0.15) is 0 Å². The second-order valence-electron chi connectivity index (χ2n) is 7.67. The number of rotatable bonds is 4. The van der Waals surface area contributed by atoms with Gasteiger partial charge in [0.1, 0.15) is 35.2 Å². The first-order chi connectivity index (χ1) is 13.8. The van der Waals surface area contributed by atoms with Crippen molar-refractivity contribution in [3.8, 4) is 23.0 Å². The van der Waals surface area contributed by atoms with Crippen LogP contribution >= 0.6 is 0 Å². The molecule has 0 radical (unpaired) electrons. The van der Waals surface area contributed by atoms with E-state index in [9.17, 15) is 4.79 Å². The van der Waals surface area contributed by atoms with Crippen LogP contribution in [0.1, 0.15) is 40.9 Å². The molecule has 0 saturated carbocycles. The Labute approximate surface area is 170 Å². The fraction of sp³-hybridized carbons (Fsp3) is 0.292. The van der Waals surface area contributed by atoms with Crippen molar-refractivity contribution in [2.45, 2.75) is 26.4 Å². The lowest BCUT2D eigenvalue weighted by Gasteiger charge is -2.29. The standard InChI is InChI=1S/C24H24O5/c1-14-12-21-18(13-20(14)26-4)15(9-11-28-21)22(25)17-6-7-19-16(23(17)27-5)8-10-24(2,3)29-19/h6-10,12-13H,11H2,1-5H3. The van der Waals surface area contributed by atoms with Gasteiger partial charge >= 0.3 is 0 Å². The molecule has 5 nitrogen and oxygen atoms in total. The molecule has 0 fully saturated rings. The number of hydrogen-bond acceptors (Lipinski definition) is 5. The van der Waals surface area contributed by atoms with E-state index >= 15 is 0 Å². The van der Waals surface area contributed by atoms with E-state index in [1.165, 1.54) is 0 Å². The maximum absolute atomic E-state index is 13.5. The number of ketones is 1. The largest absolute Gasteiger partial charge is 0.496 e. The Morgan fingerprint density at radius 1 is 1.10 bits per heavy atom. The predicted molar refractivity (Wildman–Crippen MR) is 112 cm³/mol. The first-order valence-electron chi connectivity index (χ1n) is 9.50. The molecule has 0 aliphatic carbocycles. The Morgan fingerprint density at radius 2 is 1.90 bits per heavy atom. The Morgan fingerprint density at radius 3 is 2.62 bits per heavy atom. The molecule has 2 aliphatic heterocycles. The first-order valence-corrected chi connectivity index (χ1v) is 9.50. The van der Waals surface area contributed by atoms with Crippen molar-refractivity contribution in [3.63, 3.8) is 0 Å². The maximum atomic E-state index is 13.5. The van der Waals surface area contributed by atoms with Gasteiger partial charge in [-0.15, -0.1) is 0 Å². The zero-order valence-corrected chi connectivity index (χ0v) is 17.3. The molecule has 29 heavy (non-hydrogen) atoms. The molecule has 0 amide bonds. The van der Waals surface area contributed by atoms with Crippen LogP contribution in [0.2, 0.25) is 0 Å². The van der Waals surface area contributed by atoms with Gasteiger partial charge in [-0.3, -0.25) is 4.79 Å². The molecule has 150 valence electrons. The molecule has 0 unspecified atom stereocenters. The highest BCUT2D eigenvalue weighted by Crippen LogP contribution is 2.42. The van der Waals surface area contributed by atoms with Crippen LogP contribution in [0, 0.1) is 6.92 Å². The zero-order valence-electron chi connectivity index (χ0n) is 17.3. The molecule has 2 heterocycles. The molecule has 0 bridgehead atoms. The van der Waals surface area contributed by atoms with Crippen molar-refractivity contribution in [2.24, 2.45) is 0 Å². The van der Waals surface area contributed by atoms with Crippen LogP contribution in [0.4, 0.5) is 0 Å². The summed E-state index contributed by atoms with van der Waals surface area (Å²) >= 11 is 0. The van der Waals surface area contributed by atoms with Gasteiger partial charge in [0.25, 0.3) is 0 Å². The molecule has 5 heteroatoms. The smallest absolute Gasteiger partial charge is 0.197 e. The van der Waals surface area contributed by atoms with E-state index in [0.717, 1.165) is 16.7 Å². The summed E-state index contributed by atoms with van der Waals surface area (Å²) in [7, 11) is 3.18. The van der Waals surface area contributed by atoms with Crippen LogP contribution in [-0.4, -0.2) is 32.2 Å². The monoisotopic (exact) mass is 392 g/mol. The Bertz CT molecular complexity index is 1060. The normalized spacial score (nSPS) is 16.0. The third-order valence-corrected chi connectivity index (χ3v) is 5.19. The minimum atomic E-state index is -0.403. The van der Waals surface area contributed by atoms with Crippen molar-refractivity contribution in [3.05, 3.63) is 58.7 Å². The average Bonchev–Trinajstić information content (AvgIpc) is 2.70. The highest BCUT2D eigenvalue weighted by Gasteiger charge is 2.29. The van der Waals surface area contributed by atoms with Gasteiger partial charge in [0.05, 0.1) is 25.3 Å². The number of methoxy groups -OCH3 is 2.